The maximum atomic E-state index is 10.8. The largest absolute Gasteiger partial charge is 0.478 e. The van der Waals surface area contributed by atoms with Crippen LogP contribution in [0, 0.1) is 0 Å². The second-order valence-electron chi connectivity index (χ2n) is 4.18. The molecule has 0 unspecified atom stereocenters. The van der Waals surface area contributed by atoms with E-state index in [1.165, 1.54) is 12.3 Å². The highest BCUT2D eigenvalue weighted by atomic mass is 35.5. The van der Waals surface area contributed by atoms with Crippen LogP contribution in [0.25, 0.3) is 0 Å². The van der Waals surface area contributed by atoms with Gasteiger partial charge >= 0.3 is 5.97 Å². The van der Waals surface area contributed by atoms with E-state index in [4.69, 9.17) is 16.7 Å². The van der Waals surface area contributed by atoms with Gasteiger partial charge in [0.25, 0.3) is 0 Å². The molecule has 0 spiro atoms. The summed E-state index contributed by atoms with van der Waals surface area (Å²) in [6, 6.07) is 11.3. The molecule has 0 fully saturated rings. The van der Waals surface area contributed by atoms with Gasteiger partial charge in [0.2, 0.25) is 0 Å². The number of pyridine rings is 1. The lowest BCUT2D eigenvalue weighted by Gasteiger charge is -2.19. The number of nitrogens with zero attached hydrogens (tertiary/aromatic N) is 2. The van der Waals surface area contributed by atoms with E-state index in [2.05, 4.69) is 4.98 Å². The summed E-state index contributed by atoms with van der Waals surface area (Å²) < 4.78 is 0. The molecule has 0 atom stereocenters. The summed E-state index contributed by atoms with van der Waals surface area (Å²) >= 11 is 6.07. The molecule has 0 saturated carbocycles. The van der Waals surface area contributed by atoms with Crippen LogP contribution in [-0.2, 0) is 6.54 Å². The van der Waals surface area contributed by atoms with E-state index in [0.717, 1.165) is 5.56 Å². The van der Waals surface area contributed by atoms with Gasteiger partial charge in [0.15, 0.2) is 0 Å². The first-order valence-electron chi connectivity index (χ1n) is 5.72. The van der Waals surface area contributed by atoms with Gasteiger partial charge < -0.3 is 10.0 Å². The van der Waals surface area contributed by atoms with Crippen molar-refractivity contribution in [1.82, 2.24) is 4.98 Å². The fourth-order valence-corrected chi connectivity index (χ4v) is 2.07. The number of halogens is 1. The van der Waals surface area contributed by atoms with Crippen molar-refractivity contribution in [3.63, 3.8) is 0 Å². The van der Waals surface area contributed by atoms with Gasteiger partial charge in [0, 0.05) is 19.8 Å². The molecule has 98 valence electrons. The molecule has 0 aliphatic heterocycles. The first-order chi connectivity index (χ1) is 9.08. The molecule has 0 amide bonds. The number of carboxylic acids is 1. The monoisotopic (exact) mass is 276 g/mol. The van der Waals surface area contributed by atoms with Crippen LogP contribution in [0.2, 0.25) is 5.02 Å². The van der Waals surface area contributed by atoms with Gasteiger partial charge in [-0.05, 0) is 11.6 Å². The molecule has 0 aliphatic carbocycles. The van der Waals surface area contributed by atoms with E-state index in [1.54, 1.807) is 0 Å². The van der Waals surface area contributed by atoms with E-state index < -0.39 is 5.97 Å². The molecule has 1 N–H and O–H groups in total. The van der Waals surface area contributed by atoms with Crippen molar-refractivity contribution in [1.29, 1.82) is 0 Å². The number of hydrogen-bond acceptors (Lipinski definition) is 3. The molecule has 2 rings (SSSR count). The van der Waals surface area contributed by atoms with Crippen molar-refractivity contribution in [2.75, 3.05) is 11.9 Å². The zero-order chi connectivity index (χ0) is 13.8. The lowest BCUT2D eigenvalue weighted by Crippen LogP contribution is -2.18. The zero-order valence-electron chi connectivity index (χ0n) is 10.4. The van der Waals surface area contributed by atoms with Crippen LogP contribution in [0.3, 0.4) is 0 Å². The maximum absolute atomic E-state index is 10.8. The van der Waals surface area contributed by atoms with Crippen LogP contribution >= 0.6 is 11.6 Å². The van der Waals surface area contributed by atoms with E-state index in [0.29, 0.717) is 17.4 Å². The second-order valence-corrected chi connectivity index (χ2v) is 4.58. The number of carboxylic acid groups (broad SMARTS) is 1. The Balaban J connectivity index is 2.20. The lowest BCUT2D eigenvalue weighted by atomic mass is 10.2. The molecule has 0 radical (unpaired) electrons. The molecular formula is C14H13ClN2O2. The first-order valence-corrected chi connectivity index (χ1v) is 6.09. The fraction of sp³-hybridized carbons (Fsp3) is 0.143. The molecule has 0 aliphatic rings. The van der Waals surface area contributed by atoms with Crippen molar-refractivity contribution in [3.8, 4) is 0 Å². The average molecular weight is 277 g/mol. The van der Waals surface area contributed by atoms with Crippen LogP contribution in [-0.4, -0.2) is 23.1 Å². The number of hydrogen-bond donors (Lipinski definition) is 1. The van der Waals surface area contributed by atoms with Crippen molar-refractivity contribution in [3.05, 3.63) is 58.7 Å². The molecule has 4 nitrogen and oxygen atoms in total. The number of aromatic nitrogens is 1. The van der Waals surface area contributed by atoms with Gasteiger partial charge in [-0.1, -0.05) is 41.9 Å². The maximum Gasteiger partial charge on any atom is 0.337 e. The number of aromatic carboxylic acids is 1. The Labute approximate surface area is 116 Å². The summed E-state index contributed by atoms with van der Waals surface area (Å²) in [5.41, 5.74) is 1.21. The highest BCUT2D eigenvalue weighted by Crippen LogP contribution is 2.24. The average Bonchev–Trinajstić information content (AvgIpc) is 2.39. The Bertz CT molecular complexity index is 587. The predicted octanol–water partition coefficient (Wildman–Crippen LogP) is 3.07. The topological polar surface area (TPSA) is 53.4 Å². The van der Waals surface area contributed by atoms with Gasteiger partial charge in [-0.3, -0.25) is 0 Å². The van der Waals surface area contributed by atoms with Crippen LogP contribution in [0.5, 0.6) is 0 Å². The highest BCUT2D eigenvalue weighted by molar-refractivity contribution is 6.33. The minimum Gasteiger partial charge on any atom is -0.478 e. The number of carbonyl (C=O) groups is 1. The van der Waals surface area contributed by atoms with E-state index in [1.807, 2.05) is 42.3 Å². The molecule has 1 heterocycles. The number of anilines is 1. The normalized spacial score (nSPS) is 10.2. The standard InChI is InChI=1S/C14H13ClN2O2/c1-17(9-10-5-3-2-4-6-10)13-12(15)7-11(8-16-13)14(18)19/h2-8H,9H2,1H3,(H,18,19). The van der Waals surface area contributed by atoms with Crippen molar-refractivity contribution in [2.45, 2.75) is 6.54 Å². The van der Waals surface area contributed by atoms with Crippen LogP contribution in [0.15, 0.2) is 42.6 Å². The molecule has 1 aromatic carbocycles. The third-order valence-corrected chi connectivity index (χ3v) is 2.97. The Morgan fingerprint density at radius 1 is 1.37 bits per heavy atom. The molecule has 0 bridgehead atoms. The summed E-state index contributed by atoms with van der Waals surface area (Å²) in [6.45, 7) is 0.653. The SMILES string of the molecule is CN(Cc1ccccc1)c1ncc(C(=O)O)cc1Cl. The van der Waals surface area contributed by atoms with Gasteiger partial charge in [-0.2, -0.15) is 0 Å². The Morgan fingerprint density at radius 3 is 2.63 bits per heavy atom. The van der Waals surface area contributed by atoms with Crippen molar-refractivity contribution in [2.24, 2.45) is 0 Å². The fourth-order valence-electron chi connectivity index (χ4n) is 1.76. The minimum atomic E-state index is -1.04. The van der Waals surface area contributed by atoms with Gasteiger partial charge in [-0.25, -0.2) is 9.78 Å². The van der Waals surface area contributed by atoms with Gasteiger partial charge in [0.1, 0.15) is 5.82 Å². The van der Waals surface area contributed by atoms with E-state index in [-0.39, 0.29) is 5.56 Å². The summed E-state index contributed by atoms with van der Waals surface area (Å²) in [6.07, 6.45) is 1.31. The second kappa shape index (κ2) is 5.71. The van der Waals surface area contributed by atoms with Gasteiger partial charge in [-0.15, -0.1) is 0 Å². The van der Waals surface area contributed by atoms with Crippen LogP contribution < -0.4 is 4.90 Å². The quantitative estimate of drug-likeness (QED) is 0.932. The summed E-state index contributed by atoms with van der Waals surface area (Å²) in [7, 11) is 1.86. The van der Waals surface area contributed by atoms with E-state index in [9.17, 15) is 4.79 Å². The summed E-state index contributed by atoms with van der Waals surface area (Å²) in [5.74, 6) is -0.470. The number of rotatable bonds is 4. The predicted molar refractivity (Wildman–Crippen MR) is 74.8 cm³/mol. The summed E-state index contributed by atoms with van der Waals surface area (Å²) in [5, 5.41) is 9.19. The lowest BCUT2D eigenvalue weighted by molar-refractivity contribution is 0.0696. The first kappa shape index (κ1) is 13.4. The molecule has 0 saturated heterocycles. The van der Waals surface area contributed by atoms with E-state index >= 15 is 0 Å². The Hall–Kier alpha value is -2.07. The smallest absolute Gasteiger partial charge is 0.337 e. The highest BCUT2D eigenvalue weighted by Gasteiger charge is 2.12. The van der Waals surface area contributed by atoms with Crippen molar-refractivity contribution >= 4 is 23.4 Å². The number of benzene rings is 1. The zero-order valence-corrected chi connectivity index (χ0v) is 11.1. The summed E-state index contributed by atoms with van der Waals surface area (Å²) in [4.78, 5) is 16.8. The van der Waals surface area contributed by atoms with Gasteiger partial charge in [0.05, 0.1) is 10.6 Å². The molecule has 19 heavy (non-hydrogen) atoms. The third kappa shape index (κ3) is 3.23. The van der Waals surface area contributed by atoms with Crippen LogP contribution in [0.4, 0.5) is 5.82 Å². The molecule has 1 aromatic heterocycles. The minimum absolute atomic E-state index is 0.0851. The third-order valence-electron chi connectivity index (χ3n) is 2.69. The Kier molecular flexibility index (Phi) is 4.02. The van der Waals surface area contributed by atoms with Crippen molar-refractivity contribution < 1.29 is 9.90 Å². The molecular weight excluding hydrogens is 264 g/mol. The van der Waals surface area contributed by atoms with Crippen LogP contribution in [0.1, 0.15) is 15.9 Å². The molecule has 5 heteroatoms. The molecule has 2 aromatic rings. The Morgan fingerprint density at radius 2 is 2.05 bits per heavy atom.